The summed E-state index contributed by atoms with van der Waals surface area (Å²) < 4.78 is 11.0. The van der Waals surface area contributed by atoms with Gasteiger partial charge < -0.3 is 9.47 Å². The number of hydrazine groups is 1. The number of nitrogens with one attached hydrogen (secondary N) is 1. The Labute approximate surface area is 218 Å². The Hall–Kier alpha value is -3.23. The van der Waals surface area contributed by atoms with Gasteiger partial charge in [-0.2, -0.15) is 0 Å². The highest BCUT2D eigenvalue weighted by Crippen LogP contribution is 2.25. The standard InChI is InChI=1S/C29H37N3O5/c1-2-36-28(34)25(18-17-22-11-5-3-6-12-22)30-24-15-9-19-31-20-10-16-26(32(31)27(24)33)29(35)37-21-23-13-7-4-8-14-23/h3-8,11-14,24-26,30H,2,9-10,15-21H2,1H3. The predicted octanol–water partition coefficient (Wildman–Crippen LogP) is 3.25. The van der Waals surface area contributed by atoms with Gasteiger partial charge in [-0.15, -0.1) is 0 Å². The van der Waals surface area contributed by atoms with Crippen LogP contribution in [-0.2, 0) is 36.9 Å². The maximum Gasteiger partial charge on any atom is 0.330 e. The second-order valence-electron chi connectivity index (χ2n) is 9.58. The molecule has 198 valence electrons. The van der Waals surface area contributed by atoms with Crippen molar-refractivity contribution >= 4 is 17.8 Å². The zero-order valence-corrected chi connectivity index (χ0v) is 21.5. The number of hydrogen-bond acceptors (Lipinski definition) is 7. The van der Waals surface area contributed by atoms with Crippen molar-refractivity contribution in [2.45, 2.75) is 70.2 Å². The molecule has 1 N–H and O–H groups in total. The van der Waals surface area contributed by atoms with Gasteiger partial charge in [0.25, 0.3) is 5.91 Å². The van der Waals surface area contributed by atoms with E-state index in [4.69, 9.17) is 9.47 Å². The third-order valence-corrected chi connectivity index (χ3v) is 6.96. The molecule has 37 heavy (non-hydrogen) atoms. The lowest BCUT2D eigenvalue weighted by atomic mass is 10.0. The van der Waals surface area contributed by atoms with Crippen molar-refractivity contribution in [1.29, 1.82) is 0 Å². The first-order valence-electron chi connectivity index (χ1n) is 13.3. The van der Waals surface area contributed by atoms with Crippen LogP contribution in [0.2, 0.25) is 0 Å². The zero-order chi connectivity index (χ0) is 26.0. The van der Waals surface area contributed by atoms with Gasteiger partial charge in [0.15, 0.2) is 0 Å². The van der Waals surface area contributed by atoms with Crippen LogP contribution in [-0.4, -0.2) is 65.7 Å². The van der Waals surface area contributed by atoms with Gasteiger partial charge in [0.1, 0.15) is 18.7 Å². The maximum absolute atomic E-state index is 13.8. The molecule has 0 aliphatic carbocycles. The quantitative estimate of drug-likeness (QED) is 0.494. The summed E-state index contributed by atoms with van der Waals surface area (Å²) in [7, 11) is 0. The summed E-state index contributed by atoms with van der Waals surface area (Å²) in [6, 6.07) is 17.6. The minimum atomic E-state index is -0.669. The molecule has 4 rings (SSSR count). The summed E-state index contributed by atoms with van der Waals surface area (Å²) in [4.78, 5) is 39.8. The highest BCUT2D eigenvalue weighted by atomic mass is 16.5. The highest BCUT2D eigenvalue weighted by molar-refractivity contribution is 5.88. The molecule has 0 aromatic heterocycles. The van der Waals surface area contributed by atoms with E-state index in [1.165, 1.54) is 0 Å². The minimum absolute atomic E-state index is 0.171. The van der Waals surface area contributed by atoms with Crippen molar-refractivity contribution < 1.29 is 23.9 Å². The smallest absolute Gasteiger partial charge is 0.330 e. The van der Waals surface area contributed by atoms with E-state index in [-0.39, 0.29) is 25.1 Å². The number of ether oxygens (including phenoxy) is 2. The van der Waals surface area contributed by atoms with E-state index >= 15 is 0 Å². The van der Waals surface area contributed by atoms with Gasteiger partial charge >= 0.3 is 11.9 Å². The number of fused-ring (bicyclic) bond motifs is 1. The monoisotopic (exact) mass is 507 g/mol. The molecule has 2 saturated heterocycles. The number of aryl methyl sites for hydroxylation is 1. The number of carbonyl (C=O) groups is 3. The summed E-state index contributed by atoms with van der Waals surface area (Å²) in [6.07, 6.45) is 3.92. The maximum atomic E-state index is 13.8. The van der Waals surface area contributed by atoms with Crippen molar-refractivity contribution in [3.8, 4) is 0 Å². The van der Waals surface area contributed by atoms with E-state index in [0.29, 0.717) is 32.2 Å². The number of hydrogen-bond donors (Lipinski definition) is 1. The average Bonchev–Trinajstić information content (AvgIpc) is 3.09. The summed E-state index contributed by atoms with van der Waals surface area (Å²) in [5.41, 5.74) is 2.02. The number of rotatable bonds is 10. The minimum Gasteiger partial charge on any atom is -0.465 e. The van der Waals surface area contributed by atoms with Crippen LogP contribution in [0.3, 0.4) is 0 Å². The first-order valence-corrected chi connectivity index (χ1v) is 13.3. The molecule has 8 nitrogen and oxygen atoms in total. The van der Waals surface area contributed by atoms with E-state index in [0.717, 1.165) is 30.5 Å². The Morgan fingerprint density at radius 1 is 0.946 bits per heavy atom. The van der Waals surface area contributed by atoms with Gasteiger partial charge in [-0.25, -0.2) is 9.80 Å². The largest absolute Gasteiger partial charge is 0.465 e. The van der Waals surface area contributed by atoms with Crippen molar-refractivity contribution in [1.82, 2.24) is 15.3 Å². The van der Waals surface area contributed by atoms with Crippen molar-refractivity contribution in [2.24, 2.45) is 0 Å². The van der Waals surface area contributed by atoms with Crippen LogP contribution in [0.1, 0.15) is 50.2 Å². The molecule has 0 spiro atoms. The summed E-state index contributed by atoms with van der Waals surface area (Å²) in [6.45, 7) is 3.62. The SMILES string of the molecule is CCOC(=O)C(CCc1ccccc1)NC1CCCN2CCCC(C(=O)OCc3ccccc3)N2C1=O. The predicted molar refractivity (Wildman–Crippen MR) is 139 cm³/mol. The Morgan fingerprint density at radius 2 is 1.59 bits per heavy atom. The second kappa shape index (κ2) is 13.4. The molecule has 3 atom stereocenters. The first-order chi connectivity index (χ1) is 18.1. The lowest BCUT2D eigenvalue weighted by Crippen LogP contribution is -2.62. The molecule has 2 aromatic carbocycles. The molecule has 0 radical (unpaired) electrons. The van der Waals surface area contributed by atoms with Gasteiger partial charge in [-0.3, -0.25) is 19.9 Å². The van der Waals surface area contributed by atoms with Crippen LogP contribution in [0.5, 0.6) is 0 Å². The molecule has 0 bridgehead atoms. The van der Waals surface area contributed by atoms with Crippen LogP contribution in [0, 0.1) is 0 Å². The molecular weight excluding hydrogens is 470 g/mol. The van der Waals surface area contributed by atoms with Crippen molar-refractivity contribution in [3.05, 3.63) is 71.8 Å². The van der Waals surface area contributed by atoms with E-state index in [2.05, 4.69) is 5.32 Å². The Balaban J connectivity index is 1.45. The highest BCUT2D eigenvalue weighted by Gasteiger charge is 2.43. The molecule has 2 aromatic rings. The fourth-order valence-electron chi connectivity index (χ4n) is 5.08. The van der Waals surface area contributed by atoms with Gasteiger partial charge in [0.05, 0.1) is 12.6 Å². The van der Waals surface area contributed by atoms with Crippen LogP contribution >= 0.6 is 0 Å². The number of nitrogens with zero attached hydrogens (tertiary/aromatic N) is 2. The number of carbonyl (C=O) groups excluding carboxylic acids is 3. The van der Waals surface area contributed by atoms with Crippen LogP contribution in [0.4, 0.5) is 0 Å². The lowest BCUT2D eigenvalue weighted by Gasteiger charge is -2.42. The second-order valence-corrected chi connectivity index (χ2v) is 9.58. The molecule has 3 unspecified atom stereocenters. The van der Waals surface area contributed by atoms with Gasteiger partial charge in [-0.1, -0.05) is 60.7 Å². The molecular formula is C29H37N3O5. The normalized spacial score (nSPS) is 21.0. The summed E-state index contributed by atoms with van der Waals surface area (Å²) in [5.74, 6) is -0.939. The Morgan fingerprint density at radius 3 is 2.27 bits per heavy atom. The van der Waals surface area contributed by atoms with Gasteiger partial charge in [-0.05, 0) is 56.6 Å². The van der Waals surface area contributed by atoms with E-state index in [9.17, 15) is 14.4 Å². The van der Waals surface area contributed by atoms with Crippen molar-refractivity contribution in [2.75, 3.05) is 19.7 Å². The van der Waals surface area contributed by atoms with E-state index in [1.54, 1.807) is 11.9 Å². The third kappa shape index (κ3) is 7.17. The molecule has 0 saturated carbocycles. The fraction of sp³-hybridized carbons (Fsp3) is 0.483. The van der Waals surface area contributed by atoms with Crippen molar-refractivity contribution in [3.63, 3.8) is 0 Å². The van der Waals surface area contributed by atoms with Gasteiger partial charge in [0, 0.05) is 13.1 Å². The number of benzene rings is 2. The Bertz CT molecular complexity index is 1030. The molecule has 8 heteroatoms. The number of amides is 1. The molecule has 2 aliphatic heterocycles. The van der Waals surface area contributed by atoms with Crippen LogP contribution in [0.15, 0.2) is 60.7 Å². The van der Waals surface area contributed by atoms with Gasteiger partial charge in [0.2, 0.25) is 0 Å². The molecule has 2 aliphatic rings. The summed E-state index contributed by atoms with van der Waals surface area (Å²) >= 11 is 0. The van der Waals surface area contributed by atoms with E-state index < -0.39 is 24.1 Å². The fourth-order valence-corrected chi connectivity index (χ4v) is 5.08. The van der Waals surface area contributed by atoms with Crippen LogP contribution < -0.4 is 5.32 Å². The summed E-state index contributed by atoms with van der Waals surface area (Å²) in [5, 5.41) is 6.88. The molecule has 2 fully saturated rings. The topological polar surface area (TPSA) is 88.2 Å². The number of esters is 2. The van der Waals surface area contributed by atoms with Crippen LogP contribution in [0.25, 0.3) is 0 Å². The lowest BCUT2D eigenvalue weighted by molar-refractivity contribution is -0.178. The molecule has 1 amide bonds. The average molecular weight is 508 g/mol. The Kier molecular flexibility index (Phi) is 9.68. The van der Waals surface area contributed by atoms with E-state index in [1.807, 2.05) is 65.7 Å². The first kappa shape index (κ1) is 26.8. The third-order valence-electron chi connectivity index (χ3n) is 6.96. The molecule has 2 heterocycles. The zero-order valence-electron chi connectivity index (χ0n) is 21.5.